The Morgan fingerprint density at radius 2 is 1.82 bits per heavy atom. The van der Waals surface area contributed by atoms with Crippen molar-refractivity contribution in [1.82, 2.24) is 9.63 Å². The first-order valence-electron chi connectivity index (χ1n) is 7.31. The molecule has 0 radical (unpaired) electrons. The van der Waals surface area contributed by atoms with E-state index in [0.717, 1.165) is 41.0 Å². The Bertz CT molecular complexity index is 794. The Balaban J connectivity index is 2.18. The summed E-state index contributed by atoms with van der Waals surface area (Å²) in [5.41, 5.74) is 2.66. The molecule has 1 saturated heterocycles. The Morgan fingerprint density at radius 1 is 1.18 bits per heavy atom. The van der Waals surface area contributed by atoms with Crippen molar-refractivity contribution in [3.05, 3.63) is 33.5 Å². The SMILES string of the molecule is Cc1c(C)[n+](=O)c2cc(N3CCN(C)CC3)c(Cl)cc2n1O. The third kappa shape index (κ3) is 2.32. The van der Waals surface area contributed by atoms with E-state index in [4.69, 9.17) is 11.6 Å². The van der Waals surface area contributed by atoms with E-state index >= 15 is 0 Å². The summed E-state index contributed by atoms with van der Waals surface area (Å²) >= 11 is 6.40. The lowest BCUT2D eigenvalue weighted by molar-refractivity contribution is -0.474. The second kappa shape index (κ2) is 5.44. The Morgan fingerprint density at radius 3 is 2.45 bits per heavy atom. The second-order valence-corrected chi connectivity index (χ2v) is 6.27. The lowest BCUT2D eigenvalue weighted by Gasteiger charge is -2.34. The van der Waals surface area contributed by atoms with E-state index < -0.39 is 0 Å². The van der Waals surface area contributed by atoms with Crippen LogP contribution >= 0.6 is 11.6 Å². The van der Waals surface area contributed by atoms with Crippen LogP contribution in [-0.4, -0.2) is 48.1 Å². The fourth-order valence-corrected chi connectivity index (χ4v) is 3.10. The highest BCUT2D eigenvalue weighted by molar-refractivity contribution is 6.34. The third-order valence-corrected chi connectivity index (χ3v) is 4.78. The predicted molar refractivity (Wildman–Crippen MR) is 86.7 cm³/mol. The highest BCUT2D eigenvalue weighted by Gasteiger charge is 2.24. The smallest absolute Gasteiger partial charge is 0.292 e. The van der Waals surface area contributed by atoms with E-state index in [1.165, 1.54) is 0 Å². The van der Waals surface area contributed by atoms with Crippen LogP contribution < -0.4 is 9.33 Å². The molecule has 1 aliphatic heterocycles. The summed E-state index contributed by atoms with van der Waals surface area (Å²) in [5.74, 6) is 0. The van der Waals surface area contributed by atoms with Gasteiger partial charge in [-0.1, -0.05) is 11.6 Å². The maximum absolute atomic E-state index is 12.4. The summed E-state index contributed by atoms with van der Waals surface area (Å²) in [6.07, 6.45) is 0. The first-order chi connectivity index (χ1) is 10.4. The fraction of sp³-hybridized carbons (Fsp3) is 0.467. The molecule has 6 nitrogen and oxygen atoms in total. The van der Waals surface area contributed by atoms with Crippen LogP contribution in [-0.2, 0) is 0 Å². The molecular weight excluding hydrogens is 304 g/mol. The summed E-state index contributed by atoms with van der Waals surface area (Å²) in [4.78, 5) is 16.9. The molecule has 0 spiro atoms. The van der Waals surface area contributed by atoms with Gasteiger partial charge in [-0.2, -0.15) is 4.73 Å². The molecule has 1 fully saturated rings. The standard InChI is InChI=1S/C15H20ClN4O2/c1-10-11(2)20(22)15-9-13(12(16)8-14(15)19(10)21)18-6-4-17(3)5-7-18/h8-9,21H,4-7H2,1-3H3/q+1. The molecule has 0 unspecified atom stereocenters. The van der Waals surface area contributed by atoms with E-state index in [9.17, 15) is 10.1 Å². The lowest BCUT2D eigenvalue weighted by atomic mass is 10.2. The third-order valence-electron chi connectivity index (χ3n) is 4.48. The van der Waals surface area contributed by atoms with Crippen LogP contribution in [0.2, 0.25) is 5.02 Å². The average Bonchev–Trinajstić information content (AvgIpc) is 2.51. The van der Waals surface area contributed by atoms with E-state index in [1.807, 2.05) is 0 Å². The first-order valence-corrected chi connectivity index (χ1v) is 7.68. The number of benzene rings is 1. The number of nitrogens with zero attached hydrogens (tertiary/aromatic N) is 4. The number of fused-ring (bicyclic) bond motifs is 1. The van der Waals surface area contributed by atoms with Crippen molar-refractivity contribution >= 4 is 28.3 Å². The lowest BCUT2D eigenvalue weighted by Crippen LogP contribution is -2.44. The van der Waals surface area contributed by atoms with Gasteiger partial charge in [0.25, 0.3) is 11.2 Å². The molecule has 0 aliphatic carbocycles. The normalized spacial score (nSPS) is 16.5. The molecule has 1 aromatic carbocycles. The van der Waals surface area contributed by atoms with Gasteiger partial charge in [0.05, 0.1) is 15.1 Å². The van der Waals surface area contributed by atoms with E-state index in [0.29, 0.717) is 27.4 Å². The summed E-state index contributed by atoms with van der Waals surface area (Å²) in [6.45, 7) is 7.04. The van der Waals surface area contributed by atoms with Crippen LogP contribution in [0, 0.1) is 18.8 Å². The molecule has 3 rings (SSSR count). The van der Waals surface area contributed by atoms with Crippen molar-refractivity contribution in [2.75, 3.05) is 38.1 Å². The maximum Gasteiger partial charge on any atom is 0.292 e. The van der Waals surface area contributed by atoms with Crippen LogP contribution in [0.15, 0.2) is 12.1 Å². The van der Waals surface area contributed by atoms with E-state index in [2.05, 4.69) is 16.8 Å². The number of likely N-dealkylation sites (N-methyl/N-ethyl adjacent to an activating group) is 1. The monoisotopic (exact) mass is 323 g/mol. The van der Waals surface area contributed by atoms with Gasteiger partial charge in [0, 0.05) is 44.1 Å². The second-order valence-electron chi connectivity index (χ2n) is 5.86. The largest absolute Gasteiger partial charge is 0.428 e. The minimum atomic E-state index is 0.418. The summed E-state index contributed by atoms with van der Waals surface area (Å²) < 4.78 is 1.88. The van der Waals surface area contributed by atoms with Crippen molar-refractivity contribution in [2.24, 2.45) is 0 Å². The summed E-state index contributed by atoms with van der Waals surface area (Å²) in [7, 11) is 2.09. The molecule has 118 valence electrons. The van der Waals surface area contributed by atoms with E-state index in [1.54, 1.807) is 26.0 Å². The number of halogens is 1. The van der Waals surface area contributed by atoms with Gasteiger partial charge in [0.1, 0.15) is 5.69 Å². The molecule has 1 N–H and O–H groups in total. The number of anilines is 1. The fourth-order valence-electron chi connectivity index (χ4n) is 2.82. The maximum atomic E-state index is 12.4. The van der Waals surface area contributed by atoms with Gasteiger partial charge in [-0.25, -0.2) is 0 Å². The Labute approximate surface area is 133 Å². The minimum Gasteiger partial charge on any atom is -0.428 e. The minimum absolute atomic E-state index is 0.418. The van der Waals surface area contributed by atoms with Gasteiger partial charge in [0.15, 0.2) is 5.52 Å². The number of hydrogen-bond donors (Lipinski definition) is 1. The van der Waals surface area contributed by atoms with Crippen LogP contribution in [0.5, 0.6) is 0 Å². The van der Waals surface area contributed by atoms with E-state index in [-0.39, 0.29) is 0 Å². The zero-order valence-electron chi connectivity index (χ0n) is 13.0. The van der Waals surface area contributed by atoms with Gasteiger partial charge in [0.2, 0.25) is 0 Å². The van der Waals surface area contributed by atoms with Crippen molar-refractivity contribution in [3.8, 4) is 0 Å². The van der Waals surface area contributed by atoms with Crippen LogP contribution in [0.25, 0.3) is 11.0 Å². The van der Waals surface area contributed by atoms with Gasteiger partial charge in [-0.05, 0) is 20.0 Å². The molecule has 1 aromatic heterocycles. The zero-order valence-corrected chi connectivity index (χ0v) is 13.8. The Hall–Kier alpha value is -1.79. The van der Waals surface area contributed by atoms with Gasteiger partial charge < -0.3 is 15.0 Å². The molecule has 22 heavy (non-hydrogen) atoms. The van der Waals surface area contributed by atoms with Crippen molar-refractivity contribution < 1.29 is 9.63 Å². The molecule has 0 bridgehead atoms. The number of piperazine rings is 1. The van der Waals surface area contributed by atoms with Crippen LogP contribution in [0.1, 0.15) is 11.4 Å². The molecule has 0 atom stereocenters. The zero-order chi connectivity index (χ0) is 16.0. The molecule has 7 heteroatoms. The molecule has 0 saturated carbocycles. The van der Waals surface area contributed by atoms with Gasteiger partial charge >= 0.3 is 0 Å². The van der Waals surface area contributed by atoms with Crippen molar-refractivity contribution in [3.63, 3.8) is 0 Å². The molecule has 0 amide bonds. The van der Waals surface area contributed by atoms with Crippen LogP contribution in [0.3, 0.4) is 0 Å². The topological polar surface area (TPSA) is 54.6 Å². The average molecular weight is 324 g/mol. The van der Waals surface area contributed by atoms with Gasteiger partial charge in [-0.15, -0.1) is 0 Å². The van der Waals surface area contributed by atoms with Crippen molar-refractivity contribution in [2.45, 2.75) is 13.8 Å². The summed E-state index contributed by atoms with van der Waals surface area (Å²) in [5, 5.41) is 10.8. The number of aromatic nitrogens is 2. The molecule has 2 aromatic rings. The van der Waals surface area contributed by atoms with Gasteiger partial charge in [-0.3, -0.25) is 0 Å². The highest BCUT2D eigenvalue weighted by Crippen LogP contribution is 2.30. The first kappa shape index (κ1) is 15.1. The number of hydrogen-bond acceptors (Lipinski definition) is 4. The van der Waals surface area contributed by atoms with Crippen LogP contribution in [0.4, 0.5) is 5.69 Å². The molecule has 2 heterocycles. The highest BCUT2D eigenvalue weighted by atomic mass is 35.5. The molecular formula is C15H20ClN4O2+. The predicted octanol–water partition coefficient (Wildman–Crippen LogP) is 1.82. The quantitative estimate of drug-likeness (QED) is 0.642. The number of rotatable bonds is 1. The Kier molecular flexibility index (Phi) is 3.74. The van der Waals surface area contributed by atoms with Crippen molar-refractivity contribution in [1.29, 1.82) is 0 Å². The molecule has 1 aliphatic rings. The summed E-state index contributed by atoms with van der Waals surface area (Å²) in [6, 6.07) is 3.43.